The van der Waals surface area contributed by atoms with Crippen LogP contribution in [0.4, 0.5) is 0 Å². The lowest BCUT2D eigenvalue weighted by molar-refractivity contribution is 0.270. The van der Waals surface area contributed by atoms with Gasteiger partial charge in [-0.25, -0.2) is 0 Å². The Morgan fingerprint density at radius 1 is 1.09 bits per heavy atom. The molecule has 0 aliphatic carbocycles. The maximum absolute atomic E-state index is 6.43. The van der Waals surface area contributed by atoms with Crippen LogP contribution in [0.5, 0.6) is 5.75 Å². The molecule has 3 rings (SSSR count). The third kappa shape index (κ3) is 3.99. The molecule has 1 aromatic heterocycles. The van der Waals surface area contributed by atoms with E-state index in [2.05, 4.69) is 5.32 Å². The van der Waals surface area contributed by atoms with Crippen molar-refractivity contribution in [3.05, 3.63) is 64.5 Å². The van der Waals surface area contributed by atoms with Crippen molar-refractivity contribution in [2.45, 2.75) is 19.5 Å². The molecule has 0 amide bonds. The van der Waals surface area contributed by atoms with Gasteiger partial charge in [0.05, 0.1) is 11.6 Å². The van der Waals surface area contributed by atoms with Crippen molar-refractivity contribution in [1.82, 2.24) is 5.32 Å². The molecule has 5 heteroatoms. The van der Waals surface area contributed by atoms with Crippen molar-refractivity contribution < 1.29 is 9.15 Å². The van der Waals surface area contributed by atoms with E-state index in [9.17, 15) is 0 Å². The highest BCUT2D eigenvalue weighted by Crippen LogP contribution is 2.32. The van der Waals surface area contributed by atoms with E-state index in [1.54, 1.807) is 6.07 Å². The van der Waals surface area contributed by atoms with E-state index in [1.807, 2.05) is 49.4 Å². The van der Waals surface area contributed by atoms with Gasteiger partial charge in [-0.15, -0.1) is 0 Å². The minimum absolute atomic E-state index is 0.140. The quantitative estimate of drug-likeness (QED) is 0.655. The molecule has 3 aromatic rings. The van der Waals surface area contributed by atoms with E-state index in [-0.39, 0.29) is 6.04 Å². The average molecular weight is 350 g/mol. The van der Waals surface area contributed by atoms with Crippen LogP contribution in [0.25, 0.3) is 10.8 Å². The number of nitrogens with one attached hydrogen (secondary N) is 1. The van der Waals surface area contributed by atoms with Crippen molar-refractivity contribution in [3.63, 3.8) is 0 Å². The molecule has 1 heterocycles. The summed E-state index contributed by atoms with van der Waals surface area (Å²) in [5.41, 5.74) is 0. The number of furan rings is 1. The Bertz CT molecular complexity index is 801. The summed E-state index contributed by atoms with van der Waals surface area (Å²) in [6.45, 7) is 3.15. The number of benzene rings is 2. The molecule has 2 aromatic carbocycles. The monoisotopic (exact) mass is 349 g/mol. The molecule has 23 heavy (non-hydrogen) atoms. The second-order valence-electron chi connectivity index (χ2n) is 5.40. The zero-order valence-corrected chi connectivity index (χ0v) is 14.2. The number of ether oxygens (including phenoxy) is 1. The Labute approximate surface area is 145 Å². The van der Waals surface area contributed by atoms with Crippen LogP contribution in [0.1, 0.15) is 12.7 Å². The van der Waals surface area contributed by atoms with Crippen LogP contribution in [0.2, 0.25) is 10.2 Å². The fourth-order valence-electron chi connectivity index (χ4n) is 2.32. The first kappa shape index (κ1) is 16.2. The lowest BCUT2D eigenvalue weighted by atomic mass is 10.1. The number of hydrogen-bond donors (Lipinski definition) is 1. The summed E-state index contributed by atoms with van der Waals surface area (Å²) < 4.78 is 11.2. The molecule has 3 nitrogen and oxygen atoms in total. The van der Waals surface area contributed by atoms with Gasteiger partial charge in [0.15, 0.2) is 5.22 Å². The third-order valence-corrected chi connectivity index (χ3v) is 4.16. The first-order chi connectivity index (χ1) is 11.1. The molecule has 0 radical (unpaired) electrons. The summed E-state index contributed by atoms with van der Waals surface area (Å²) in [7, 11) is 0. The van der Waals surface area contributed by atoms with Gasteiger partial charge < -0.3 is 14.5 Å². The Kier molecular flexibility index (Phi) is 5.11. The van der Waals surface area contributed by atoms with E-state index < -0.39 is 0 Å². The minimum atomic E-state index is 0.140. The van der Waals surface area contributed by atoms with Crippen LogP contribution >= 0.6 is 23.2 Å². The largest absolute Gasteiger partial charge is 0.490 e. The van der Waals surface area contributed by atoms with Gasteiger partial charge in [0.1, 0.15) is 18.1 Å². The maximum atomic E-state index is 6.43. The molecular weight excluding hydrogens is 333 g/mol. The van der Waals surface area contributed by atoms with Gasteiger partial charge in [-0.2, -0.15) is 0 Å². The van der Waals surface area contributed by atoms with Crippen LogP contribution in [-0.2, 0) is 6.54 Å². The van der Waals surface area contributed by atoms with Crippen LogP contribution in [0, 0.1) is 0 Å². The summed E-state index contributed by atoms with van der Waals surface area (Å²) in [5.74, 6) is 1.49. The van der Waals surface area contributed by atoms with Crippen molar-refractivity contribution in [3.8, 4) is 5.75 Å². The third-order valence-electron chi connectivity index (χ3n) is 3.57. The van der Waals surface area contributed by atoms with Gasteiger partial charge in [-0.05, 0) is 42.1 Å². The van der Waals surface area contributed by atoms with Gasteiger partial charge in [0.25, 0.3) is 0 Å². The van der Waals surface area contributed by atoms with Gasteiger partial charge in [-0.3, -0.25) is 0 Å². The molecule has 0 aliphatic heterocycles. The first-order valence-corrected chi connectivity index (χ1v) is 8.17. The zero-order valence-electron chi connectivity index (χ0n) is 12.7. The molecule has 120 valence electrons. The number of fused-ring (bicyclic) bond motifs is 1. The highest BCUT2D eigenvalue weighted by Gasteiger charge is 2.09. The fraction of sp³-hybridized carbons (Fsp3) is 0.222. The molecule has 1 unspecified atom stereocenters. The molecule has 0 aliphatic rings. The lowest BCUT2D eigenvalue weighted by Gasteiger charge is -2.15. The summed E-state index contributed by atoms with van der Waals surface area (Å²) in [5, 5.41) is 6.46. The topological polar surface area (TPSA) is 34.4 Å². The Balaban J connectivity index is 1.58. The molecule has 0 saturated carbocycles. The van der Waals surface area contributed by atoms with E-state index in [0.29, 0.717) is 29.1 Å². The summed E-state index contributed by atoms with van der Waals surface area (Å²) in [6.07, 6.45) is 0. The summed E-state index contributed by atoms with van der Waals surface area (Å²) in [6, 6.07) is 15.6. The van der Waals surface area contributed by atoms with Gasteiger partial charge in [0, 0.05) is 11.4 Å². The van der Waals surface area contributed by atoms with Crippen molar-refractivity contribution >= 4 is 34.0 Å². The highest BCUT2D eigenvalue weighted by molar-refractivity contribution is 6.37. The van der Waals surface area contributed by atoms with Gasteiger partial charge in [-0.1, -0.05) is 41.9 Å². The molecule has 0 fully saturated rings. The van der Waals surface area contributed by atoms with E-state index >= 15 is 0 Å². The lowest BCUT2D eigenvalue weighted by Crippen LogP contribution is -2.31. The number of halogens is 2. The average Bonchev–Trinajstić information content (AvgIpc) is 2.98. The van der Waals surface area contributed by atoms with Crippen molar-refractivity contribution in [2.75, 3.05) is 6.61 Å². The van der Waals surface area contributed by atoms with Crippen molar-refractivity contribution in [1.29, 1.82) is 0 Å². The summed E-state index contributed by atoms with van der Waals surface area (Å²) in [4.78, 5) is 0. The van der Waals surface area contributed by atoms with Gasteiger partial charge in [0.2, 0.25) is 0 Å². The molecule has 0 spiro atoms. The van der Waals surface area contributed by atoms with Crippen LogP contribution in [-0.4, -0.2) is 12.6 Å². The zero-order chi connectivity index (χ0) is 16.2. The van der Waals surface area contributed by atoms with Gasteiger partial charge >= 0.3 is 0 Å². The summed E-state index contributed by atoms with van der Waals surface area (Å²) >= 11 is 12.2. The predicted octanol–water partition coefficient (Wildman–Crippen LogP) is 5.30. The second-order valence-corrected chi connectivity index (χ2v) is 6.15. The fourth-order valence-corrected chi connectivity index (χ4v) is 2.77. The number of hydrogen-bond acceptors (Lipinski definition) is 3. The SMILES string of the molecule is CC(COc1ccc2ccccc2c1Cl)NCc1ccc(Cl)o1. The Morgan fingerprint density at radius 3 is 2.70 bits per heavy atom. The molecule has 1 atom stereocenters. The van der Waals surface area contributed by atoms with Crippen LogP contribution in [0.15, 0.2) is 52.9 Å². The van der Waals surface area contributed by atoms with Crippen LogP contribution < -0.4 is 10.1 Å². The molecule has 0 saturated heterocycles. The minimum Gasteiger partial charge on any atom is -0.490 e. The van der Waals surface area contributed by atoms with Crippen molar-refractivity contribution in [2.24, 2.45) is 0 Å². The maximum Gasteiger partial charge on any atom is 0.193 e. The predicted molar refractivity (Wildman–Crippen MR) is 94.5 cm³/mol. The first-order valence-electron chi connectivity index (χ1n) is 7.41. The normalized spacial score (nSPS) is 12.5. The van der Waals surface area contributed by atoms with E-state index in [1.165, 1.54) is 0 Å². The highest BCUT2D eigenvalue weighted by atomic mass is 35.5. The molecule has 1 N–H and O–H groups in total. The molecule has 0 bridgehead atoms. The Hall–Kier alpha value is -1.68. The van der Waals surface area contributed by atoms with E-state index in [4.69, 9.17) is 32.4 Å². The number of rotatable bonds is 6. The van der Waals surface area contributed by atoms with Crippen LogP contribution in [0.3, 0.4) is 0 Å². The second kappa shape index (κ2) is 7.26. The Morgan fingerprint density at radius 2 is 1.91 bits per heavy atom. The standard InChI is InChI=1S/C18H17Cl2NO2/c1-12(21-10-14-7-9-17(19)23-14)11-22-16-8-6-13-4-2-3-5-15(13)18(16)20/h2-9,12,21H,10-11H2,1H3. The molecular formula is C18H17Cl2NO2. The smallest absolute Gasteiger partial charge is 0.193 e. The van der Waals surface area contributed by atoms with E-state index in [0.717, 1.165) is 16.5 Å².